The number of carbonyl (C=O) groups is 1. The zero-order valence-corrected chi connectivity index (χ0v) is 16.6. The van der Waals surface area contributed by atoms with E-state index in [9.17, 15) is 13.2 Å². The van der Waals surface area contributed by atoms with Crippen LogP contribution in [0.5, 0.6) is 0 Å². The zero-order chi connectivity index (χ0) is 19.6. The first-order chi connectivity index (χ1) is 12.8. The molecule has 0 N–H and O–H groups in total. The van der Waals surface area contributed by atoms with Crippen molar-refractivity contribution < 1.29 is 22.4 Å². The molecular formula is C18H18N2O5S2. The molecule has 0 fully saturated rings. The van der Waals surface area contributed by atoms with Crippen molar-refractivity contribution >= 4 is 27.3 Å². The molecule has 0 aliphatic heterocycles. The van der Waals surface area contributed by atoms with Crippen LogP contribution in [-0.2, 0) is 21.4 Å². The summed E-state index contributed by atoms with van der Waals surface area (Å²) < 4.78 is 35.4. The van der Waals surface area contributed by atoms with Gasteiger partial charge in [0.1, 0.15) is 17.4 Å². The largest absolute Gasteiger partial charge is 0.453 e. The van der Waals surface area contributed by atoms with Crippen molar-refractivity contribution in [1.29, 1.82) is 0 Å². The molecule has 0 radical (unpaired) electrons. The van der Waals surface area contributed by atoms with E-state index in [1.165, 1.54) is 37.6 Å². The van der Waals surface area contributed by atoms with Gasteiger partial charge in [-0.3, -0.25) is 0 Å². The first-order valence-electron chi connectivity index (χ1n) is 7.98. The van der Waals surface area contributed by atoms with Gasteiger partial charge in [-0.2, -0.15) is 0 Å². The molecule has 0 saturated heterocycles. The maximum Gasteiger partial charge on any atom is 0.358 e. The summed E-state index contributed by atoms with van der Waals surface area (Å²) in [6.45, 7) is 1.82. The van der Waals surface area contributed by atoms with Gasteiger partial charge in [-0.1, -0.05) is 29.8 Å². The molecule has 0 aliphatic carbocycles. The molecule has 2 heterocycles. The number of hydrogen-bond donors (Lipinski definition) is 0. The summed E-state index contributed by atoms with van der Waals surface area (Å²) in [5.74, 6) is -0.365. The van der Waals surface area contributed by atoms with Crippen molar-refractivity contribution in [3.05, 3.63) is 58.8 Å². The third-order valence-corrected chi connectivity index (χ3v) is 6.31. The molecule has 0 atom stereocenters. The second kappa shape index (κ2) is 7.63. The van der Waals surface area contributed by atoms with Crippen molar-refractivity contribution in [2.24, 2.45) is 0 Å². The number of rotatable bonds is 6. The van der Waals surface area contributed by atoms with Crippen LogP contribution < -0.4 is 0 Å². The van der Waals surface area contributed by atoms with Crippen molar-refractivity contribution in [3.8, 4) is 10.6 Å². The minimum Gasteiger partial charge on any atom is -0.453 e. The molecule has 3 aromatic rings. The lowest BCUT2D eigenvalue weighted by molar-refractivity contribution is 0.0434. The van der Waals surface area contributed by atoms with Gasteiger partial charge in [0.15, 0.2) is 5.69 Å². The maximum absolute atomic E-state index is 12.2. The Hall–Kier alpha value is -2.49. The number of carbonyl (C=O) groups excluding carboxylic acids is 1. The lowest BCUT2D eigenvalue weighted by atomic mass is 10.2. The van der Waals surface area contributed by atoms with E-state index in [1.807, 2.05) is 31.2 Å². The second-order valence-corrected chi connectivity index (χ2v) is 8.93. The molecule has 0 aliphatic rings. The fraction of sp³-hybridized carbons (Fsp3) is 0.222. The molecule has 27 heavy (non-hydrogen) atoms. The molecule has 7 nitrogen and oxygen atoms in total. The molecule has 0 saturated carbocycles. The van der Waals surface area contributed by atoms with E-state index in [2.05, 4.69) is 4.98 Å². The minimum atomic E-state index is -3.66. The van der Waals surface area contributed by atoms with Gasteiger partial charge in [-0.15, -0.1) is 11.3 Å². The number of aryl methyl sites for hydroxylation is 1. The van der Waals surface area contributed by atoms with Gasteiger partial charge < -0.3 is 9.15 Å². The fourth-order valence-corrected chi connectivity index (χ4v) is 3.77. The summed E-state index contributed by atoms with van der Waals surface area (Å²) in [7, 11) is -0.845. The lowest BCUT2D eigenvalue weighted by Crippen LogP contribution is -2.21. The quantitative estimate of drug-likeness (QED) is 0.584. The zero-order valence-electron chi connectivity index (χ0n) is 15.0. The molecule has 1 aromatic carbocycles. The van der Waals surface area contributed by atoms with Crippen molar-refractivity contribution in [3.63, 3.8) is 0 Å². The van der Waals surface area contributed by atoms with Gasteiger partial charge in [0, 0.05) is 25.0 Å². The number of aromatic nitrogens is 1. The van der Waals surface area contributed by atoms with Crippen LogP contribution in [0.25, 0.3) is 10.6 Å². The maximum atomic E-state index is 12.2. The molecule has 0 bridgehead atoms. The van der Waals surface area contributed by atoms with E-state index in [4.69, 9.17) is 9.15 Å². The normalized spacial score (nSPS) is 11.7. The Bertz CT molecular complexity index is 1050. The van der Waals surface area contributed by atoms with Gasteiger partial charge in [0.2, 0.25) is 5.09 Å². The smallest absolute Gasteiger partial charge is 0.358 e. The van der Waals surface area contributed by atoms with E-state index < -0.39 is 16.0 Å². The van der Waals surface area contributed by atoms with E-state index in [1.54, 1.807) is 5.38 Å². The highest BCUT2D eigenvalue weighted by Gasteiger charge is 2.22. The average molecular weight is 406 g/mol. The van der Waals surface area contributed by atoms with Crippen molar-refractivity contribution in [2.75, 3.05) is 14.1 Å². The van der Waals surface area contributed by atoms with E-state index in [0.717, 1.165) is 20.4 Å². The summed E-state index contributed by atoms with van der Waals surface area (Å²) in [5, 5.41) is 2.15. The number of benzene rings is 1. The molecule has 9 heteroatoms. The molecule has 0 unspecified atom stereocenters. The Balaban J connectivity index is 1.65. The van der Waals surface area contributed by atoms with Gasteiger partial charge in [-0.05, 0) is 19.1 Å². The highest BCUT2D eigenvalue weighted by Crippen LogP contribution is 2.24. The molecule has 2 aromatic heterocycles. The van der Waals surface area contributed by atoms with Crippen LogP contribution in [-0.4, -0.2) is 37.8 Å². The first-order valence-corrected chi connectivity index (χ1v) is 10.3. The third-order valence-electron chi connectivity index (χ3n) is 3.73. The van der Waals surface area contributed by atoms with E-state index in [0.29, 0.717) is 0 Å². The standard InChI is InChI=1S/C18H18N2O5S2/c1-12-4-6-13(7-5-12)17-19-15(11-26-17)18(21)24-10-14-8-9-16(25-14)27(22,23)20(2)3/h4-9,11H,10H2,1-3H3. The number of ether oxygens (including phenoxy) is 1. The van der Waals surface area contributed by atoms with Crippen LogP contribution in [0, 0.1) is 6.92 Å². The molecule has 142 valence electrons. The van der Waals surface area contributed by atoms with E-state index in [-0.39, 0.29) is 23.2 Å². The fourth-order valence-electron chi connectivity index (χ4n) is 2.16. The van der Waals surface area contributed by atoms with Gasteiger partial charge in [0.05, 0.1) is 0 Å². The summed E-state index contributed by atoms with van der Waals surface area (Å²) in [6.07, 6.45) is 0. The van der Waals surface area contributed by atoms with Gasteiger partial charge in [0.25, 0.3) is 10.0 Å². The molecule has 3 rings (SSSR count). The number of hydrogen-bond acceptors (Lipinski definition) is 7. The molecule has 0 amide bonds. The second-order valence-electron chi connectivity index (χ2n) is 5.99. The van der Waals surface area contributed by atoms with Crippen LogP contribution in [0.4, 0.5) is 0 Å². The predicted molar refractivity (Wildman–Crippen MR) is 101 cm³/mol. The average Bonchev–Trinajstić information content (AvgIpc) is 3.30. The molecule has 0 spiro atoms. The Morgan fingerprint density at radius 1 is 1.19 bits per heavy atom. The Labute approximate surface area is 161 Å². The molecular weight excluding hydrogens is 388 g/mol. The topological polar surface area (TPSA) is 89.7 Å². The minimum absolute atomic E-state index is 0.181. The summed E-state index contributed by atoms with van der Waals surface area (Å²) in [6, 6.07) is 10.6. The third kappa shape index (κ3) is 4.26. The Morgan fingerprint density at radius 3 is 2.56 bits per heavy atom. The summed E-state index contributed by atoms with van der Waals surface area (Å²) in [5.41, 5.74) is 2.27. The Morgan fingerprint density at radius 2 is 1.89 bits per heavy atom. The van der Waals surface area contributed by atoms with Crippen molar-refractivity contribution in [1.82, 2.24) is 9.29 Å². The highest BCUT2D eigenvalue weighted by atomic mass is 32.2. The summed E-state index contributed by atoms with van der Waals surface area (Å²) in [4.78, 5) is 16.5. The number of esters is 1. The number of furan rings is 1. The summed E-state index contributed by atoms with van der Waals surface area (Å²) >= 11 is 1.35. The number of nitrogens with zero attached hydrogens (tertiary/aromatic N) is 2. The van der Waals surface area contributed by atoms with Crippen LogP contribution >= 0.6 is 11.3 Å². The van der Waals surface area contributed by atoms with Gasteiger partial charge in [-0.25, -0.2) is 22.5 Å². The lowest BCUT2D eigenvalue weighted by Gasteiger charge is -2.07. The van der Waals surface area contributed by atoms with Crippen LogP contribution in [0.3, 0.4) is 0 Å². The highest BCUT2D eigenvalue weighted by molar-refractivity contribution is 7.88. The van der Waals surface area contributed by atoms with Crippen LogP contribution in [0.1, 0.15) is 21.8 Å². The van der Waals surface area contributed by atoms with Crippen molar-refractivity contribution in [2.45, 2.75) is 18.6 Å². The van der Waals surface area contributed by atoms with Crippen LogP contribution in [0.15, 0.2) is 51.3 Å². The van der Waals surface area contributed by atoms with Crippen LogP contribution in [0.2, 0.25) is 0 Å². The SMILES string of the molecule is Cc1ccc(-c2nc(C(=O)OCc3ccc(S(=O)(=O)N(C)C)o3)cs2)cc1. The van der Waals surface area contributed by atoms with E-state index >= 15 is 0 Å². The van der Waals surface area contributed by atoms with Gasteiger partial charge >= 0.3 is 5.97 Å². The monoisotopic (exact) mass is 406 g/mol. The first kappa shape index (κ1) is 19.3. The number of sulfonamides is 1. The predicted octanol–water partition coefficient (Wildman–Crippen LogP) is 3.32. The Kier molecular flexibility index (Phi) is 5.45. The number of thiazole rings is 1.